The number of imide groups is 1. The molecule has 26 heavy (non-hydrogen) atoms. The van der Waals surface area contributed by atoms with Gasteiger partial charge in [0.05, 0.1) is 18.9 Å². The molecule has 0 radical (unpaired) electrons. The van der Waals surface area contributed by atoms with Crippen LogP contribution in [-0.2, 0) is 20.9 Å². The van der Waals surface area contributed by atoms with Crippen molar-refractivity contribution in [2.75, 3.05) is 20.2 Å². The summed E-state index contributed by atoms with van der Waals surface area (Å²) in [6.45, 7) is 2.72. The highest BCUT2D eigenvalue weighted by Gasteiger charge is 2.48. The van der Waals surface area contributed by atoms with Crippen LogP contribution in [0.25, 0.3) is 0 Å². The number of ether oxygens (including phenoxy) is 1. The van der Waals surface area contributed by atoms with Crippen molar-refractivity contribution in [3.05, 3.63) is 29.8 Å². The van der Waals surface area contributed by atoms with Crippen LogP contribution in [0.4, 0.5) is 0 Å². The van der Waals surface area contributed by atoms with Gasteiger partial charge in [0.15, 0.2) is 0 Å². The highest BCUT2D eigenvalue weighted by Crippen LogP contribution is 2.37. The standard InChI is InChI=1S/C20H26N2O4/c1-3-21(12-14-8-10-15(26-2)11-9-14)18(23)13-22-19(24)16-6-4-5-7-17(16)20(22)25/h8-11,16-17H,3-7,12-13H2,1-2H3. The average Bonchev–Trinajstić information content (AvgIpc) is 2.91. The van der Waals surface area contributed by atoms with Gasteiger partial charge in [-0.3, -0.25) is 19.3 Å². The summed E-state index contributed by atoms with van der Waals surface area (Å²) in [5.41, 5.74) is 0.980. The van der Waals surface area contributed by atoms with Gasteiger partial charge in [0, 0.05) is 13.1 Å². The lowest BCUT2D eigenvalue weighted by Gasteiger charge is -2.24. The van der Waals surface area contributed by atoms with Gasteiger partial charge in [-0.25, -0.2) is 0 Å². The number of hydrogen-bond donors (Lipinski definition) is 0. The number of rotatable bonds is 6. The largest absolute Gasteiger partial charge is 0.497 e. The van der Waals surface area contributed by atoms with E-state index in [1.54, 1.807) is 12.0 Å². The second-order valence-corrected chi connectivity index (χ2v) is 7.02. The van der Waals surface area contributed by atoms with Gasteiger partial charge in [0.25, 0.3) is 0 Å². The van der Waals surface area contributed by atoms with E-state index < -0.39 is 0 Å². The molecule has 1 aliphatic carbocycles. The molecule has 6 heteroatoms. The summed E-state index contributed by atoms with van der Waals surface area (Å²) in [4.78, 5) is 40.7. The lowest BCUT2D eigenvalue weighted by atomic mass is 9.81. The molecule has 2 unspecified atom stereocenters. The number of nitrogens with zero attached hydrogens (tertiary/aromatic N) is 2. The molecule has 2 aliphatic rings. The zero-order valence-electron chi connectivity index (χ0n) is 15.4. The Bertz CT molecular complexity index is 662. The minimum Gasteiger partial charge on any atom is -0.497 e. The van der Waals surface area contributed by atoms with Crippen LogP contribution < -0.4 is 4.74 Å². The minimum absolute atomic E-state index is 0.144. The monoisotopic (exact) mass is 358 g/mol. The zero-order valence-corrected chi connectivity index (χ0v) is 15.4. The summed E-state index contributed by atoms with van der Waals surface area (Å²) >= 11 is 0. The third kappa shape index (κ3) is 3.59. The topological polar surface area (TPSA) is 66.9 Å². The van der Waals surface area contributed by atoms with Crippen LogP contribution in [0.1, 0.15) is 38.2 Å². The number of likely N-dealkylation sites (tertiary alicyclic amines) is 1. The highest BCUT2D eigenvalue weighted by atomic mass is 16.5. The zero-order chi connectivity index (χ0) is 18.7. The van der Waals surface area contributed by atoms with Gasteiger partial charge in [-0.2, -0.15) is 0 Å². The van der Waals surface area contributed by atoms with Gasteiger partial charge < -0.3 is 9.64 Å². The summed E-state index contributed by atoms with van der Waals surface area (Å²) in [6.07, 6.45) is 3.51. The first-order chi connectivity index (χ1) is 12.5. The minimum atomic E-state index is -0.208. The fraction of sp³-hybridized carbons (Fsp3) is 0.550. The van der Waals surface area contributed by atoms with E-state index in [9.17, 15) is 14.4 Å². The molecule has 2 atom stereocenters. The Balaban J connectivity index is 1.65. The third-order valence-corrected chi connectivity index (χ3v) is 5.49. The Labute approximate surface area is 154 Å². The fourth-order valence-electron chi connectivity index (χ4n) is 3.95. The van der Waals surface area contributed by atoms with Crippen molar-refractivity contribution in [2.45, 2.75) is 39.2 Å². The number of methoxy groups -OCH3 is 1. The molecule has 0 bridgehead atoms. The molecular formula is C20H26N2O4. The Morgan fingerprint density at radius 2 is 1.69 bits per heavy atom. The Morgan fingerprint density at radius 3 is 2.19 bits per heavy atom. The molecule has 3 amide bonds. The van der Waals surface area contributed by atoms with Crippen molar-refractivity contribution in [2.24, 2.45) is 11.8 Å². The van der Waals surface area contributed by atoms with E-state index in [2.05, 4.69) is 0 Å². The quantitative estimate of drug-likeness (QED) is 0.732. The van der Waals surface area contributed by atoms with Crippen LogP contribution in [0.3, 0.4) is 0 Å². The molecule has 1 aliphatic heterocycles. The summed E-state index contributed by atoms with van der Waals surface area (Å²) in [7, 11) is 1.61. The smallest absolute Gasteiger partial charge is 0.243 e. The summed E-state index contributed by atoms with van der Waals surface area (Å²) in [5.74, 6) is -0.161. The van der Waals surface area contributed by atoms with Gasteiger partial charge in [0.2, 0.25) is 17.7 Å². The molecule has 6 nitrogen and oxygen atoms in total. The first kappa shape index (κ1) is 18.4. The predicted octanol–water partition coefficient (Wildman–Crippen LogP) is 2.22. The van der Waals surface area contributed by atoms with Gasteiger partial charge >= 0.3 is 0 Å². The maximum absolute atomic E-state index is 12.7. The molecule has 1 aromatic carbocycles. The van der Waals surface area contributed by atoms with Crippen LogP contribution in [-0.4, -0.2) is 47.7 Å². The van der Waals surface area contributed by atoms with Crippen LogP contribution in [0.2, 0.25) is 0 Å². The summed E-state index contributed by atoms with van der Waals surface area (Å²) in [6, 6.07) is 7.53. The number of fused-ring (bicyclic) bond motifs is 1. The molecule has 0 N–H and O–H groups in total. The van der Waals surface area contributed by atoms with E-state index in [4.69, 9.17) is 4.74 Å². The second-order valence-electron chi connectivity index (χ2n) is 7.02. The van der Waals surface area contributed by atoms with Crippen molar-refractivity contribution in [3.63, 3.8) is 0 Å². The molecule has 1 heterocycles. The first-order valence-electron chi connectivity index (χ1n) is 9.31. The first-order valence-corrected chi connectivity index (χ1v) is 9.31. The second kappa shape index (κ2) is 7.89. The van der Waals surface area contributed by atoms with E-state index in [1.807, 2.05) is 31.2 Å². The maximum atomic E-state index is 12.7. The van der Waals surface area contributed by atoms with Crippen molar-refractivity contribution >= 4 is 17.7 Å². The van der Waals surface area contributed by atoms with E-state index in [0.717, 1.165) is 37.0 Å². The van der Waals surface area contributed by atoms with Crippen LogP contribution >= 0.6 is 0 Å². The third-order valence-electron chi connectivity index (χ3n) is 5.49. The number of likely N-dealkylation sites (N-methyl/N-ethyl adjacent to an activating group) is 1. The summed E-state index contributed by atoms with van der Waals surface area (Å²) in [5, 5.41) is 0. The Kier molecular flexibility index (Phi) is 5.59. The van der Waals surface area contributed by atoms with Gasteiger partial charge in [-0.15, -0.1) is 0 Å². The van der Waals surface area contributed by atoms with Crippen LogP contribution in [0, 0.1) is 11.8 Å². The van der Waals surface area contributed by atoms with Crippen LogP contribution in [0.15, 0.2) is 24.3 Å². The van der Waals surface area contributed by atoms with E-state index in [1.165, 1.54) is 4.90 Å². The molecule has 1 saturated heterocycles. The number of amides is 3. The SMILES string of the molecule is CCN(Cc1ccc(OC)cc1)C(=O)CN1C(=O)C2CCCCC2C1=O. The maximum Gasteiger partial charge on any atom is 0.243 e. The molecule has 0 aromatic heterocycles. The molecule has 3 rings (SSSR count). The van der Waals surface area contributed by atoms with Crippen molar-refractivity contribution in [3.8, 4) is 5.75 Å². The Morgan fingerprint density at radius 1 is 1.12 bits per heavy atom. The number of benzene rings is 1. The van der Waals surface area contributed by atoms with Gasteiger partial charge in [-0.05, 0) is 37.5 Å². The average molecular weight is 358 g/mol. The van der Waals surface area contributed by atoms with E-state index in [-0.39, 0.29) is 36.1 Å². The lowest BCUT2D eigenvalue weighted by molar-refractivity contribution is -0.146. The lowest BCUT2D eigenvalue weighted by Crippen LogP contribution is -2.42. The van der Waals surface area contributed by atoms with Crippen molar-refractivity contribution < 1.29 is 19.1 Å². The highest BCUT2D eigenvalue weighted by molar-refractivity contribution is 6.07. The molecule has 2 fully saturated rings. The normalized spacial score (nSPS) is 22.3. The van der Waals surface area contributed by atoms with E-state index >= 15 is 0 Å². The Hall–Kier alpha value is -2.37. The van der Waals surface area contributed by atoms with Gasteiger partial charge in [0.1, 0.15) is 12.3 Å². The summed E-state index contributed by atoms with van der Waals surface area (Å²) < 4.78 is 5.14. The fourth-order valence-corrected chi connectivity index (χ4v) is 3.95. The molecule has 140 valence electrons. The van der Waals surface area contributed by atoms with Gasteiger partial charge in [-0.1, -0.05) is 25.0 Å². The van der Waals surface area contributed by atoms with Crippen molar-refractivity contribution in [1.82, 2.24) is 9.80 Å². The van der Waals surface area contributed by atoms with Crippen LogP contribution in [0.5, 0.6) is 5.75 Å². The van der Waals surface area contributed by atoms with Crippen molar-refractivity contribution in [1.29, 1.82) is 0 Å². The molecule has 1 aromatic rings. The molecule has 0 spiro atoms. The molecular weight excluding hydrogens is 332 g/mol. The number of carbonyl (C=O) groups excluding carboxylic acids is 3. The predicted molar refractivity (Wildman–Crippen MR) is 96.3 cm³/mol. The number of carbonyl (C=O) groups is 3. The molecule has 1 saturated carbocycles. The van der Waals surface area contributed by atoms with E-state index in [0.29, 0.717) is 13.1 Å². The number of hydrogen-bond acceptors (Lipinski definition) is 4.